The molecule has 1 N–H and O–H groups in total. The van der Waals surface area contributed by atoms with E-state index in [2.05, 4.69) is 11.9 Å². The number of likely N-dealkylation sites (N-methyl/N-ethyl adjacent to an activating group) is 1. The van der Waals surface area contributed by atoms with Gasteiger partial charge in [-0.25, -0.2) is 4.79 Å². The molecule has 27 heavy (non-hydrogen) atoms. The molecule has 0 bridgehead atoms. The highest BCUT2D eigenvalue weighted by atomic mass is 32.1. The summed E-state index contributed by atoms with van der Waals surface area (Å²) in [6.07, 6.45) is -3.83. The Labute approximate surface area is 159 Å². The van der Waals surface area contributed by atoms with E-state index < -0.39 is 12.1 Å². The highest BCUT2D eigenvalue weighted by Crippen LogP contribution is 2.26. The van der Waals surface area contributed by atoms with Crippen molar-refractivity contribution in [1.29, 1.82) is 0 Å². The van der Waals surface area contributed by atoms with Crippen molar-refractivity contribution in [3.63, 3.8) is 0 Å². The van der Waals surface area contributed by atoms with E-state index in [1.807, 2.05) is 23.3 Å². The monoisotopic (exact) mass is 408 g/mol. The van der Waals surface area contributed by atoms with E-state index in [0.717, 1.165) is 49.6 Å². The number of likely N-dealkylation sites (tertiary alicyclic amines) is 1. The average molecular weight is 408 g/mol. The molecule has 0 aliphatic carbocycles. The molecular weight excluding hydrogens is 385 g/mol. The Morgan fingerprint density at radius 1 is 1.30 bits per heavy atom. The summed E-state index contributed by atoms with van der Waals surface area (Å²) in [7, 11) is 2.15. The van der Waals surface area contributed by atoms with Crippen LogP contribution < -0.4 is 0 Å². The molecule has 152 valence electrons. The van der Waals surface area contributed by atoms with E-state index in [4.69, 9.17) is 14.6 Å². The van der Waals surface area contributed by atoms with E-state index in [9.17, 15) is 18.0 Å². The van der Waals surface area contributed by atoms with Gasteiger partial charge in [-0.3, -0.25) is 4.79 Å². The number of carboxylic acid groups (broad SMARTS) is 1. The molecule has 2 atom stereocenters. The van der Waals surface area contributed by atoms with Crippen LogP contribution in [-0.2, 0) is 9.53 Å². The first-order valence-corrected chi connectivity index (χ1v) is 9.41. The molecule has 3 heterocycles. The molecule has 0 radical (unpaired) electrons. The first kappa shape index (κ1) is 21.6. The predicted molar refractivity (Wildman–Crippen MR) is 94.0 cm³/mol. The first-order valence-electron chi connectivity index (χ1n) is 8.53. The number of piperidine rings is 1. The number of hydrogen-bond donors (Lipinski definition) is 1. The second-order valence-electron chi connectivity index (χ2n) is 6.71. The van der Waals surface area contributed by atoms with Gasteiger partial charge in [0.1, 0.15) is 0 Å². The molecule has 0 spiro atoms. The Morgan fingerprint density at radius 2 is 1.96 bits per heavy atom. The molecule has 3 rings (SSSR count). The quantitative estimate of drug-likeness (QED) is 0.773. The number of aryl methyl sites for hydroxylation is 1. The van der Waals surface area contributed by atoms with Gasteiger partial charge in [0.2, 0.25) is 0 Å². The third kappa shape index (κ3) is 5.91. The van der Waals surface area contributed by atoms with Gasteiger partial charge in [0.05, 0.1) is 17.6 Å². The van der Waals surface area contributed by atoms with Crippen molar-refractivity contribution in [3.8, 4) is 0 Å². The molecule has 0 unspecified atom stereocenters. The molecule has 6 nitrogen and oxygen atoms in total. The fourth-order valence-corrected chi connectivity index (χ4v) is 4.03. The molecule has 1 aromatic heterocycles. The second-order valence-corrected chi connectivity index (χ2v) is 7.62. The van der Waals surface area contributed by atoms with Crippen molar-refractivity contribution in [2.75, 3.05) is 39.8 Å². The summed E-state index contributed by atoms with van der Waals surface area (Å²) in [5.41, 5.74) is 1.09. The highest BCUT2D eigenvalue weighted by molar-refractivity contribution is 7.12. The van der Waals surface area contributed by atoms with Crippen LogP contribution in [0.4, 0.5) is 13.2 Å². The van der Waals surface area contributed by atoms with Gasteiger partial charge in [0.25, 0.3) is 5.91 Å². The molecule has 0 aromatic carbocycles. The lowest BCUT2D eigenvalue weighted by atomic mass is 9.93. The van der Waals surface area contributed by atoms with Gasteiger partial charge in [0.15, 0.2) is 0 Å². The lowest BCUT2D eigenvalue weighted by Gasteiger charge is -2.37. The molecule has 10 heteroatoms. The number of alkyl halides is 3. The minimum atomic E-state index is -5.08. The number of rotatable bonds is 1. The number of thiophene rings is 1. The number of carboxylic acids is 1. The van der Waals surface area contributed by atoms with E-state index in [0.29, 0.717) is 5.92 Å². The van der Waals surface area contributed by atoms with Crippen molar-refractivity contribution in [1.82, 2.24) is 9.80 Å². The zero-order valence-electron chi connectivity index (χ0n) is 15.2. The molecule has 0 saturated carbocycles. The maximum Gasteiger partial charge on any atom is 0.490 e. The third-order valence-corrected chi connectivity index (χ3v) is 5.64. The molecule has 1 aromatic rings. The molecule has 2 saturated heterocycles. The van der Waals surface area contributed by atoms with Gasteiger partial charge >= 0.3 is 12.1 Å². The highest BCUT2D eigenvalue weighted by Gasteiger charge is 2.38. The minimum Gasteiger partial charge on any atom is -0.475 e. The number of fused-ring (bicyclic) bond motifs is 1. The number of aliphatic carboxylic acids is 1. The molecule has 1 amide bonds. The van der Waals surface area contributed by atoms with Crippen molar-refractivity contribution in [3.05, 3.63) is 21.9 Å². The van der Waals surface area contributed by atoms with Crippen molar-refractivity contribution < 1.29 is 32.6 Å². The summed E-state index contributed by atoms with van der Waals surface area (Å²) in [4.78, 5) is 26.7. The van der Waals surface area contributed by atoms with Crippen LogP contribution in [0.3, 0.4) is 0 Å². The number of amides is 1. The number of carbonyl (C=O) groups is 2. The summed E-state index contributed by atoms with van der Waals surface area (Å²) in [5, 5.41) is 9.12. The first-order chi connectivity index (χ1) is 12.6. The smallest absolute Gasteiger partial charge is 0.475 e. The Balaban J connectivity index is 0.000000321. The van der Waals surface area contributed by atoms with Crippen LogP contribution in [0.2, 0.25) is 0 Å². The topological polar surface area (TPSA) is 70.1 Å². The van der Waals surface area contributed by atoms with Crippen LogP contribution in [0.25, 0.3) is 0 Å². The lowest BCUT2D eigenvalue weighted by Crippen LogP contribution is -2.48. The summed E-state index contributed by atoms with van der Waals surface area (Å²) in [6.45, 7) is 6.46. The molecular formula is C17H23F3N2O4S. The zero-order valence-corrected chi connectivity index (χ0v) is 16.0. The fourth-order valence-electron chi connectivity index (χ4n) is 3.13. The van der Waals surface area contributed by atoms with Crippen molar-refractivity contribution in [2.24, 2.45) is 5.92 Å². The van der Waals surface area contributed by atoms with Crippen LogP contribution >= 0.6 is 11.3 Å². The van der Waals surface area contributed by atoms with Crippen LogP contribution in [-0.4, -0.2) is 78.9 Å². The maximum atomic E-state index is 12.6. The van der Waals surface area contributed by atoms with E-state index in [-0.39, 0.29) is 12.0 Å². The summed E-state index contributed by atoms with van der Waals surface area (Å²) < 4.78 is 37.7. The molecule has 2 fully saturated rings. The fraction of sp³-hybridized carbons (Fsp3) is 0.647. The summed E-state index contributed by atoms with van der Waals surface area (Å²) in [6, 6.07) is 2.02. The van der Waals surface area contributed by atoms with Gasteiger partial charge in [-0.15, -0.1) is 11.3 Å². The van der Waals surface area contributed by atoms with Crippen LogP contribution in [0.5, 0.6) is 0 Å². The summed E-state index contributed by atoms with van der Waals surface area (Å²) in [5.74, 6) is -2.01. The van der Waals surface area contributed by atoms with E-state index in [1.165, 1.54) is 0 Å². The van der Waals surface area contributed by atoms with Gasteiger partial charge in [-0.1, -0.05) is 0 Å². The van der Waals surface area contributed by atoms with Gasteiger partial charge < -0.3 is 19.6 Å². The van der Waals surface area contributed by atoms with Gasteiger partial charge in [-0.05, 0) is 37.4 Å². The van der Waals surface area contributed by atoms with Gasteiger partial charge in [0, 0.05) is 32.1 Å². The Hall–Kier alpha value is -1.65. The number of carbonyl (C=O) groups excluding carboxylic acids is 1. The Bertz CT molecular complexity index is 665. The third-order valence-electron chi connectivity index (χ3n) is 4.63. The largest absolute Gasteiger partial charge is 0.490 e. The van der Waals surface area contributed by atoms with Crippen LogP contribution in [0.1, 0.15) is 21.7 Å². The maximum absolute atomic E-state index is 12.6. The lowest BCUT2D eigenvalue weighted by molar-refractivity contribution is -0.192. The van der Waals surface area contributed by atoms with E-state index in [1.54, 1.807) is 11.3 Å². The number of hydrogen-bond acceptors (Lipinski definition) is 5. The van der Waals surface area contributed by atoms with Crippen LogP contribution in [0.15, 0.2) is 11.4 Å². The van der Waals surface area contributed by atoms with E-state index >= 15 is 0 Å². The number of nitrogens with zero attached hydrogens (tertiary/aromatic N) is 2. The SMILES string of the molecule is Cc1ccsc1C(=O)N1CC[C@@H]2CN(C)CCO[C@@H]2C1.O=C(O)C(F)(F)F. The van der Waals surface area contributed by atoms with Crippen molar-refractivity contribution in [2.45, 2.75) is 25.6 Å². The Morgan fingerprint density at radius 3 is 2.52 bits per heavy atom. The standard InChI is InChI=1S/C15H22N2O2S.C2HF3O2/c1-11-4-8-20-14(11)15(18)17-5-3-12-9-16(2)6-7-19-13(12)10-17;3-2(4,5)1(6)7/h4,8,12-13H,3,5-7,9-10H2,1-2H3;(H,6,7)/t12-,13-;/m1./s1. The molecule has 2 aliphatic heterocycles. The van der Waals surface area contributed by atoms with Crippen LogP contribution in [0, 0.1) is 12.8 Å². The Kier molecular flexibility index (Phi) is 7.24. The average Bonchev–Trinajstić information content (AvgIpc) is 2.91. The number of ether oxygens (including phenoxy) is 1. The predicted octanol–water partition coefficient (Wildman–Crippen LogP) is 2.48. The molecule has 2 aliphatic rings. The number of halogens is 3. The minimum absolute atomic E-state index is 0.178. The normalized spacial score (nSPS) is 23.7. The second kappa shape index (κ2) is 9.03. The van der Waals surface area contributed by atoms with Crippen molar-refractivity contribution >= 4 is 23.2 Å². The van der Waals surface area contributed by atoms with Gasteiger partial charge in [-0.2, -0.15) is 13.2 Å². The summed E-state index contributed by atoms with van der Waals surface area (Å²) >= 11 is 1.54. The zero-order chi connectivity index (χ0) is 20.2.